The Kier molecular flexibility index (Phi) is 50.9. The van der Waals surface area contributed by atoms with Crippen LogP contribution in [0.1, 0.15) is 91.9 Å². The molecule has 0 saturated heterocycles. The van der Waals surface area contributed by atoms with E-state index in [-0.39, 0.29) is 29.6 Å². The Morgan fingerprint density at radius 3 is 1.21 bits per heavy atom. The van der Waals surface area contributed by atoms with Crippen molar-refractivity contribution in [1.82, 2.24) is 5.32 Å². The summed E-state index contributed by atoms with van der Waals surface area (Å²) in [6, 6.07) is 0. The van der Waals surface area contributed by atoms with Crippen molar-refractivity contribution < 1.29 is 29.7 Å². The summed E-state index contributed by atoms with van der Waals surface area (Å²) in [7, 11) is 0. The van der Waals surface area contributed by atoms with E-state index in [1.165, 1.54) is 64.2 Å². The molecule has 171 valence electrons. The molecular weight excluding hydrogens is 387 g/mol. The number of rotatable bonds is 13. The fraction of sp³-hybridized carbons (Fsp3) is 0.850. The van der Waals surface area contributed by atoms with E-state index in [1.807, 2.05) is 0 Å². The van der Waals surface area contributed by atoms with Crippen LogP contribution in [0, 0.1) is 0 Å². The molecule has 0 aromatic rings. The van der Waals surface area contributed by atoms with Gasteiger partial charge in [-0.05, 0) is 13.0 Å². The largest absolute Gasteiger partial charge is 0.481 e. The van der Waals surface area contributed by atoms with Crippen LogP contribution in [0.4, 0.5) is 0 Å². The van der Waals surface area contributed by atoms with Crippen molar-refractivity contribution in [3.8, 4) is 0 Å². The molecule has 0 aromatic heterocycles. The van der Waals surface area contributed by atoms with Gasteiger partial charge in [0.25, 0.3) is 17.9 Å². The molecule has 29 heavy (non-hydrogen) atoms. The summed E-state index contributed by atoms with van der Waals surface area (Å²) in [5.74, 6) is -2.50. The van der Waals surface area contributed by atoms with Crippen LogP contribution >= 0.6 is 0 Å². The Balaban J connectivity index is -0.000000121. The molecular formula is C20H44N2NaO6. The first-order valence-electron chi connectivity index (χ1n) is 10.1. The van der Waals surface area contributed by atoms with Crippen molar-refractivity contribution in [2.24, 2.45) is 5.73 Å². The molecule has 0 heterocycles. The minimum Gasteiger partial charge on any atom is -0.481 e. The van der Waals surface area contributed by atoms with Gasteiger partial charge in [0.1, 0.15) is 0 Å². The first-order valence-corrected chi connectivity index (χ1v) is 10.1. The number of hydrogen-bond acceptors (Lipinski definition) is 5. The second kappa shape index (κ2) is 38.0. The van der Waals surface area contributed by atoms with Gasteiger partial charge in [-0.2, -0.15) is 0 Å². The maximum absolute atomic E-state index is 9.00. The van der Waals surface area contributed by atoms with Crippen molar-refractivity contribution in [3.05, 3.63) is 0 Å². The molecule has 8 nitrogen and oxygen atoms in total. The Labute approximate surface area is 199 Å². The van der Waals surface area contributed by atoms with Crippen molar-refractivity contribution in [2.45, 2.75) is 91.9 Å². The minimum absolute atomic E-state index is 0. The van der Waals surface area contributed by atoms with E-state index in [0.29, 0.717) is 0 Å². The van der Waals surface area contributed by atoms with E-state index in [9.17, 15) is 0 Å². The van der Waals surface area contributed by atoms with Gasteiger partial charge in [0.2, 0.25) is 0 Å². The Morgan fingerprint density at radius 2 is 0.931 bits per heavy atom. The molecule has 0 amide bonds. The smallest absolute Gasteiger partial charge is 0.300 e. The van der Waals surface area contributed by atoms with Crippen LogP contribution in [0.15, 0.2) is 0 Å². The molecule has 0 aliphatic heterocycles. The number of aliphatic carboxylic acids is 3. The Bertz CT molecular complexity index is 290. The molecule has 0 atom stereocenters. The molecule has 0 aromatic carbocycles. The summed E-state index contributed by atoms with van der Waals surface area (Å²) >= 11 is 0. The first kappa shape index (κ1) is 38.9. The van der Waals surface area contributed by atoms with Crippen LogP contribution in [0.3, 0.4) is 0 Å². The van der Waals surface area contributed by atoms with Gasteiger partial charge in [0.05, 0.1) is 0 Å². The van der Waals surface area contributed by atoms with Crippen molar-refractivity contribution in [1.29, 1.82) is 0 Å². The Hall–Kier alpha value is -0.670. The topological polar surface area (TPSA) is 150 Å². The quantitative estimate of drug-likeness (QED) is 0.220. The predicted molar refractivity (Wildman–Crippen MR) is 119 cm³/mol. The summed E-state index contributed by atoms with van der Waals surface area (Å²) in [6.45, 7) is 8.40. The molecule has 0 bridgehead atoms. The van der Waals surface area contributed by atoms with Crippen LogP contribution in [-0.4, -0.2) is 82.4 Å². The van der Waals surface area contributed by atoms with Crippen LogP contribution in [0.5, 0.6) is 0 Å². The van der Waals surface area contributed by atoms with E-state index in [2.05, 4.69) is 12.2 Å². The van der Waals surface area contributed by atoms with Crippen molar-refractivity contribution in [3.63, 3.8) is 0 Å². The van der Waals surface area contributed by atoms with Gasteiger partial charge >= 0.3 is 0 Å². The number of nitrogens with one attached hydrogen (secondary N) is 1. The maximum Gasteiger partial charge on any atom is 0.300 e. The molecule has 6 N–H and O–H groups in total. The fourth-order valence-corrected chi connectivity index (χ4v) is 1.96. The fourth-order valence-electron chi connectivity index (χ4n) is 1.96. The summed E-state index contributed by atoms with van der Waals surface area (Å²) in [5.41, 5.74) is 5.40. The normalized spacial score (nSPS) is 8.59. The molecule has 0 fully saturated rings. The van der Waals surface area contributed by atoms with E-state index in [0.717, 1.165) is 40.4 Å². The van der Waals surface area contributed by atoms with E-state index < -0.39 is 17.9 Å². The number of unbranched alkanes of at least 4 members (excludes halogenated alkanes) is 9. The van der Waals surface area contributed by atoms with Crippen LogP contribution < -0.4 is 11.1 Å². The van der Waals surface area contributed by atoms with Gasteiger partial charge in [0, 0.05) is 63.4 Å². The molecule has 9 heteroatoms. The SMILES string of the molecule is CC(=O)O.CC(=O)O.CC(=O)O.CCCCCCCCCCCCNCCN.[Na]. The number of carboxylic acids is 3. The molecule has 0 saturated carbocycles. The summed E-state index contributed by atoms with van der Waals surface area (Å²) in [4.78, 5) is 27.0. The molecule has 0 spiro atoms. The molecule has 0 unspecified atom stereocenters. The minimum atomic E-state index is -0.833. The maximum atomic E-state index is 9.00. The summed E-state index contributed by atoms with van der Waals surface area (Å²) in [5, 5.41) is 25.6. The van der Waals surface area contributed by atoms with Gasteiger partial charge in [0.15, 0.2) is 0 Å². The van der Waals surface area contributed by atoms with Crippen LogP contribution in [0.2, 0.25) is 0 Å². The van der Waals surface area contributed by atoms with Crippen LogP contribution in [-0.2, 0) is 14.4 Å². The van der Waals surface area contributed by atoms with Gasteiger partial charge < -0.3 is 26.4 Å². The summed E-state index contributed by atoms with van der Waals surface area (Å²) < 4.78 is 0. The zero-order chi connectivity index (χ0) is 22.6. The molecule has 1 radical (unpaired) electrons. The van der Waals surface area contributed by atoms with Crippen molar-refractivity contribution >= 4 is 47.5 Å². The number of nitrogens with two attached hydrogens (primary N) is 1. The average molecular weight is 432 g/mol. The monoisotopic (exact) mass is 431 g/mol. The summed E-state index contributed by atoms with van der Waals surface area (Å²) in [6.07, 6.45) is 14.1. The number of hydrogen-bond donors (Lipinski definition) is 5. The van der Waals surface area contributed by atoms with Gasteiger partial charge in [-0.25, -0.2) is 0 Å². The molecule has 0 aliphatic carbocycles. The van der Waals surface area contributed by atoms with Gasteiger partial charge in [-0.15, -0.1) is 0 Å². The third-order valence-electron chi connectivity index (χ3n) is 3.03. The van der Waals surface area contributed by atoms with E-state index >= 15 is 0 Å². The molecule has 0 rings (SSSR count). The third kappa shape index (κ3) is 115. The second-order valence-corrected chi connectivity index (χ2v) is 6.28. The van der Waals surface area contributed by atoms with E-state index in [1.54, 1.807) is 0 Å². The second-order valence-electron chi connectivity index (χ2n) is 6.28. The predicted octanol–water partition coefficient (Wildman–Crippen LogP) is 3.35. The zero-order valence-electron chi connectivity index (χ0n) is 19.3. The third-order valence-corrected chi connectivity index (χ3v) is 3.03. The van der Waals surface area contributed by atoms with Crippen molar-refractivity contribution in [2.75, 3.05) is 19.6 Å². The van der Waals surface area contributed by atoms with E-state index in [4.69, 9.17) is 35.4 Å². The molecule has 0 aliphatic rings. The zero-order valence-corrected chi connectivity index (χ0v) is 21.3. The average Bonchev–Trinajstić information content (AvgIpc) is 2.54. The first-order chi connectivity index (χ1) is 13.1. The number of carboxylic acid groups (broad SMARTS) is 3. The number of carbonyl (C=O) groups is 3. The van der Waals surface area contributed by atoms with Crippen LogP contribution in [0.25, 0.3) is 0 Å². The standard InChI is InChI=1S/C14H32N2.3C2H4O2.Na/c1-2-3-4-5-6-7-8-9-10-11-13-16-14-12-15;3*1-2(3)4;/h16H,2-15H2,1H3;3*1H3,(H,3,4);. The van der Waals surface area contributed by atoms with Gasteiger partial charge in [-0.3, -0.25) is 14.4 Å². The van der Waals surface area contributed by atoms with Gasteiger partial charge in [-0.1, -0.05) is 64.7 Å². The Morgan fingerprint density at radius 1 is 0.655 bits per heavy atom.